The molecule has 98 valence electrons. The molecule has 0 bridgehead atoms. The number of hydrogen-bond acceptors (Lipinski definition) is 0. The molecule has 1 atom stereocenters. The molecular weight excluding hydrogens is 240 g/mol. The summed E-state index contributed by atoms with van der Waals surface area (Å²) in [5.74, 6) is 0.569. The zero-order chi connectivity index (χ0) is 13.5. The lowest BCUT2D eigenvalue weighted by Gasteiger charge is -2.10. The maximum Gasteiger partial charge on any atom is -0.000107 e. The van der Waals surface area contributed by atoms with Crippen LogP contribution in [0.3, 0.4) is 0 Å². The fourth-order valence-corrected chi connectivity index (χ4v) is 3.44. The summed E-state index contributed by atoms with van der Waals surface area (Å²) < 4.78 is 0. The van der Waals surface area contributed by atoms with Crippen molar-refractivity contribution in [3.05, 3.63) is 81.9 Å². The summed E-state index contributed by atoms with van der Waals surface area (Å²) in [6.07, 6.45) is 9.18. The summed E-state index contributed by atoms with van der Waals surface area (Å²) in [7, 11) is 0. The summed E-state index contributed by atoms with van der Waals surface area (Å²) in [6, 6.07) is 15.5. The van der Waals surface area contributed by atoms with Gasteiger partial charge in [0.2, 0.25) is 0 Å². The van der Waals surface area contributed by atoms with Crippen molar-refractivity contribution in [3.8, 4) is 0 Å². The smallest absolute Gasteiger partial charge is 0.000107 e. The third-order valence-electron chi connectivity index (χ3n) is 4.52. The molecule has 2 aliphatic rings. The first-order chi connectivity index (χ1) is 9.81. The molecule has 2 aromatic rings. The van der Waals surface area contributed by atoms with E-state index in [2.05, 4.69) is 67.6 Å². The third kappa shape index (κ3) is 1.84. The maximum absolute atomic E-state index is 2.37. The van der Waals surface area contributed by atoms with Crippen LogP contribution < -0.4 is 0 Å². The molecule has 0 heterocycles. The topological polar surface area (TPSA) is 0 Å². The van der Waals surface area contributed by atoms with Gasteiger partial charge in [-0.15, -0.1) is 0 Å². The van der Waals surface area contributed by atoms with Gasteiger partial charge in [-0.3, -0.25) is 0 Å². The third-order valence-corrected chi connectivity index (χ3v) is 4.52. The van der Waals surface area contributed by atoms with E-state index in [1.807, 2.05) is 0 Å². The van der Waals surface area contributed by atoms with Gasteiger partial charge in [0, 0.05) is 0 Å². The predicted molar refractivity (Wildman–Crippen MR) is 85.7 cm³/mol. The molecule has 0 saturated carbocycles. The van der Waals surface area contributed by atoms with Gasteiger partial charge in [0.1, 0.15) is 0 Å². The van der Waals surface area contributed by atoms with E-state index in [0.717, 1.165) is 12.8 Å². The van der Waals surface area contributed by atoms with Crippen LogP contribution in [-0.4, -0.2) is 0 Å². The number of allylic oxidation sites excluding steroid dienone is 2. The Hall–Kier alpha value is -2.08. The van der Waals surface area contributed by atoms with Crippen molar-refractivity contribution < 1.29 is 0 Å². The van der Waals surface area contributed by atoms with Gasteiger partial charge in [-0.2, -0.15) is 0 Å². The second kappa shape index (κ2) is 4.49. The van der Waals surface area contributed by atoms with E-state index in [0.29, 0.717) is 5.92 Å². The first-order valence-corrected chi connectivity index (χ1v) is 7.38. The van der Waals surface area contributed by atoms with Gasteiger partial charge in [-0.05, 0) is 46.6 Å². The molecule has 4 rings (SSSR count). The first kappa shape index (κ1) is 11.7. The molecule has 0 radical (unpaired) electrons. The molecule has 1 unspecified atom stereocenters. The number of fused-ring (bicyclic) bond motifs is 2. The average Bonchev–Trinajstić information content (AvgIpc) is 3.03. The fourth-order valence-electron chi connectivity index (χ4n) is 3.44. The lowest BCUT2D eigenvalue weighted by molar-refractivity contribution is 0.979. The van der Waals surface area contributed by atoms with Crippen molar-refractivity contribution in [1.82, 2.24) is 0 Å². The Labute approximate surface area is 120 Å². The summed E-state index contributed by atoms with van der Waals surface area (Å²) in [4.78, 5) is 0. The Morgan fingerprint density at radius 3 is 2.85 bits per heavy atom. The van der Waals surface area contributed by atoms with Crippen LogP contribution in [0.1, 0.15) is 40.7 Å². The fraction of sp³-hybridized carbons (Fsp3) is 0.200. The van der Waals surface area contributed by atoms with Crippen LogP contribution in [0, 0.1) is 0 Å². The molecule has 20 heavy (non-hydrogen) atoms. The molecular formula is C20H18. The first-order valence-electron chi connectivity index (χ1n) is 7.38. The van der Waals surface area contributed by atoms with Crippen LogP contribution in [0.25, 0.3) is 12.2 Å². The van der Waals surface area contributed by atoms with E-state index in [9.17, 15) is 0 Å². The van der Waals surface area contributed by atoms with Crippen molar-refractivity contribution in [2.75, 3.05) is 0 Å². The molecule has 0 N–H and O–H groups in total. The molecule has 0 fully saturated rings. The largest absolute Gasteiger partial charge is 0.0766 e. The van der Waals surface area contributed by atoms with E-state index < -0.39 is 0 Å². The highest BCUT2D eigenvalue weighted by Gasteiger charge is 2.18. The minimum atomic E-state index is 0.569. The van der Waals surface area contributed by atoms with Crippen molar-refractivity contribution in [2.24, 2.45) is 0 Å². The van der Waals surface area contributed by atoms with Crippen molar-refractivity contribution in [3.63, 3.8) is 0 Å². The number of benzene rings is 2. The zero-order valence-electron chi connectivity index (χ0n) is 11.8. The Bertz CT molecular complexity index is 731. The van der Waals surface area contributed by atoms with Crippen molar-refractivity contribution >= 4 is 12.2 Å². The molecule has 2 aliphatic carbocycles. The average molecular weight is 258 g/mol. The highest BCUT2D eigenvalue weighted by atomic mass is 14.2. The van der Waals surface area contributed by atoms with Gasteiger partial charge in [-0.25, -0.2) is 0 Å². The minimum absolute atomic E-state index is 0.569. The highest BCUT2D eigenvalue weighted by Crippen LogP contribution is 2.34. The normalized spacial score (nSPS) is 18.9. The van der Waals surface area contributed by atoms with Crippen LogP contribution >= 0.6 is 0 Å². The lowest BCUT2D eigenvalue weighted by atomic mass is 9.94. The second-order valence-electron chi connectivity index (χ2n) is 5.92. The van der Waals surface area contributed by atoms with Gasteiger partial charge in [0.25, 0.3) is 0 Å². The quantitative estimate of drug-likeness (QED) is 0.711. The van der Waals surface area contributed by atoms with Gasteiger partial charge < -0.3 is 0 Å². The number of rotatable bonds is 2. The van der Waals surface area contributed by atoms with Crippen LogP contribution in [0.2, 0.25) is 0 Å². The zero-order valence-corrected chi connectivity index (χ0v) is 11.8. The molecule has 0 saturated heterocycles. The highest BCUT2D eigenvalue weighted by molar-refractivity contribution is 5.68. The standard InChI is InChI=1S/C20H18/c1-14-9-10-20-18(7-4-8-19(14)20)13-15-11-16-5-2-3-6-17(16)12-15/h2-11,14H,12-13H2,1H3. The Morgan fingerprint density at radius 2 is 1.95 bits per heavy atom. The van der Waals surface area contributed by atoms with E-state index in [-0.39, 0.29) is 0 Å². The Kier molecular flexibility index (Phi) is 2.63. The van der Waals surface area contributed by atoms with Crippen LogP contribution in [0.5, 0.6) is 0 Å². The Balaban J connectivity index is 1.65. The number of hydrogen-bond donors (Lipinski definition) is 0. The molecule has 0 heteroatoms. The van der Waals surface area contributed by atoms with E-state index in [1.165, 1.54) is 33.4 Å². The molecule has 0 amide bonds. The van der Waals surface area contributed by atoms with Crippen molar-refractivity contribution in [1.29, 1.82) is 0 Å². The van der Waals surface area contributed by atoms with E-state index >= 15 is 0 Å². The summed E-state index contributed by atoms with van der Waals surface area (Å²) in [5, 5.41) is 0. The second-order valence-corrected chi connectivity index (χ2v) is 5.92. The molecule has 0 spiro atoms. The van der Waals surface area contributed by atoms with Gasteiger partial charge in [-0.1, -0.05) is 73.2 Å². The molecule has 2 aromatic carbocycles. The summed E-state index contributed by atoms with van der Waals surface area (Å²) >= 11 is 0. The van der Waals surface area contributed by atoms with Gasteiger partial charge >= 0.3 is 0 Å². The van der Waals surface area contributed by atoms with Crippen molar-refractivity contribution in [2.45, 2.75) is 25.7 Å². The molecule has 0 aromatic heterocycles. The lowest BCUT2D eigenvalue weighted by Crippen LogP contribution is -1.96. The van der Waals surface area contributed by atoms with Crippen LogP contribution in [-0.2, 0) is 12.8 Å². The monoisotopic (exact) mass is 258 g/mol. The van der Waals surface area contributed by atoms with Gasteiger partial charge in [0.15, 0.2) is 0 Å². The van der Waals surface area contributed by atoms with E-state index in [1.54, 1.807) is 0 Å². The predicted octanol–water partition coefficient (Wildman–Crippen LogP) is 5.00. The molecule has 0 aliphatic heterocycles. The van der Waals surface area contributed by atoms with E-state index in [4.69, 9.17) is 0 Å². The van der Waals surface area contributed by atoms with Crippen LogP contribution in [0.15, 0.2) is 54.1 Å². The molecule has 0 nitrogen and oxygen atoms in total. The van der Waals surface area contributed by atoms with Gasteiger partial charge in [0.05, 0.1) is 0 Å². The Morgan fingerprint density at radius 1 is 1.05 bits per heavy atom. The summed E-state index contributed by atoms with van der Waals surface area (Å²) in [6.45, 7) is 2.27. The minimum Gasteiger partial charge on any atom is -0.0766 e. The van der Waals surface area contributed by atoms with Crippen LogP contribution in [0.4, 0.5) is 0 Å². The summed E-state index contributed by atoms with van der Waals surface area (Å²) in [5.41, 5.74) is 8.82. The maximum atomic E-state index is 2.37. The SMILES string of the molecule is CC1C=Cc2c(CC3=Cc4ccccc4C3)cccc21.